The molecule has 0 rings (SSSR count). The molecule has 0 spiro atoms. The second-order valence-corrected chi connectivity index (χ2v) is 5.51. The molecule has 0 aromatic rings. The van der Waals surface area contributed by atoms with Crippen molar-refractivity contribution in [2.45, 2.75) is 58.1 Å². The van der Waals surface area contributed by atoms with Crippen LogP contribution in [0.4, 0.5) is 0 Å². The maximum Gasteiger partial charge on any atom is 0.0103 e. The van der Waals surface area contributed by atoms with Crippen LogP contribution in [-0.2, 0) is 0 Å². The molecule has 0 radical (unpaired) electrons. The largest absolute Gasteiger partial charge is 0.156 e. The van der Waals surface area contributed by atoms with Gasteiger partial charge in [-0.05, 0) is 18.6 Å². The molecule has 0 saturated carbocycles. The Morgan fingerprint density at radius 2 is 1.73 bits per heavy atom. The van der Waals surface area contributed by atoms with Gasteiger partial charge in [0.1, 0.15) is 0 Å². The molecule has 0 aliphatic rings. The van der Waals surface area contributed by atoms with Gasteiger partial charge in [0.15, 0.2) is 0 Å². The Morgan fingerprint density at radius 1 is 1.09 bits per heavy atom. The molecule has 0 heterocycles. The Balaban J connectivity index is 3.43. The van der Waals surface area contributed by atoms with Gasteiger partial charge in [0.05, 0.1) is 0 Å². The molecular formula is C10H22S. The van der Waals surface area contributed by atoms with Crippen LogP contribution in [-0.4, -0.2) is 10.5 Å². The van der Waals surface area contributed by atoms with Gasteiger partial charge in [0.25, 0.3) is 0 Å². The molecule has 0 nitrogen and oxygen atoms in total. The van der Waals surface area contributed by atoms with Crippen molar-refractivity contribution in [1.82, 2.24) is 0 Å². The van der Waals surface area contributed by atoms with E-state index in [1.54, 1.807) is 0 Å². The zero-order valence-electron chi connectivity index (χ0n) is 8.44. The van der Waals surface area contributed by atoms with E-state index >= 15 is 0 Å². The van der Waals surface area contributed by atoms with Crippen LogP contribution in [0.25, 0.3) is 0 Å². The van der Waals surface area contributed by atoms with Crippen molar-refractivity contribution >= 4 is 11.8 Å². The highest BCUT2D eigenvalue weighted by Crippen LogP contribution is 2.30. The van der Waals surface area contributed by atoms with Crippen LogP contribution in [0.15, 0.2) is 0 Å². The first-order chi connectivity index (χ1) is 5.12. The predicted molar refractivity (Wildman–Crippen MR) is 56.4 cm³/mol. The zero-order chi connectivity index (χ0) is 8.74. The Kier molecular flexibility index (Phi) is 6.12. The fourth-order valence-electron chi connectivity index (χ4n) is 1.05. The lowest BCUT2D eigenvalue weighted by Gasteiger charge is -2.23. The van der Waals surface area contributed by atoms with Gasteiger partial charge >= 0.3 is 0 Å². The van der Waals surface area contributed by atoms with E-state index in [1.165, 1.54) is 31.4 Å². The molecule has 68 valence electrons. The van der Waals surface area contributed by atoms with Crippen molar-refractivity contribution in [1.29, 1.82) is 0 Å². The number of rotatable bonds is 6. The zero-order valence-corrected chi connectivity index (χ0v) is 9.26. The van der Waals surface area contributed by atoms with Crippen molar-refractivity contribution in [3.63, 3.8) is 0 Å². The lowest BCUT2D eigenvalue weighted by Crippen LogP contribution is -2.14. The number of hydrogen-bond donors (Lipinski definition) is 0. The van der Waals surface area contributed by atoms with Gasteiger partial charge in [-0.2, -0.15) is 11.8 Å². The lowest BCUT2D eigenvalue weighted by molar-refractivity contribution is 0.593. The Morgan fingerprint density at radius 3 is 2.18 bits per heavy atom. The summed E-state index contributed by atoms with van der Waals surface area (Å²) in [5.41, 5.74) is 0. The molecule has 1 heteroatoms. The number of hydrogen-bond acceptors (Lipinski definition) is 1. The summed E-state index contributed by atoms with van der Waals surface area (Å²) >= 11 is 2.12. The summed E-state index contributed by atoms with van der Waals surface area (Å²) < 4.78 is 0.520. The van der Waals surface area contributed by atoms with Crippen LogP contribution in [0.5, 0.6) is 0 Å². The molecule has 0 aliphatic heterocycles. The Labute approximate surface area is 76.1 Å². The van der Waals surface area contributed by atoms with E-state index in [4.69, 9.17) is 0 Å². The SMILES string of the molecule is CCCCC(C)(C)SCCC. The van der Waals surface area contributed by atoms with Crippen LogP contribution in [0.3, 0.4) is 0 Å². The normalized spacial score (nSPS) is 12.0. The first kappa shape index (κ1) is 11.4. The highest BCUT2D eigenvalue weighted by molar-refractivity contribution is 8.00. The summed E-state index contributed by atoms with van der Waals surface area (Å²) in [5.74, 6) is 1.32. The molecular weight excluding hydrogens is 152 g/mol. The molecule has 0 atom stereocenters. The van der Waals surface area contributed by atoms with Gasteiger partial charge in [-0.3, -0.25) is 0 Å². The monoisotopic (exact) mass is 174 g/mol. The van der Waals surface area contributed by atoms with Gasteiger partial charge in [-0.15, -0.1) is 0 Å². The molecule has 0 fully saturated rings. The van der Waals surface area contributed by atoms with E-state index in [0.29, 0.717) is 4.75 Å². The van der Waals surface area contributed by atoms with E-state index in [2.05, 4.69) is 39.5 Å². The van der Waals surface area contributed by atoms with Gasteiger partial charge in [-0.25, -0.2) is 0 Å². The minimum Gasteiger partial charge on any atom is -0.156 e. The molecule has 0 aromatic heterocycles. The van der Waals surface area contributed by atoms with Crippen molar-refractivity contribution in [3.05, 3.63) is 0 Å². The van der Waals surface area contributed by atoms with Gasteiger partial charge < -0.3 is 0 Å². The standard InChI is InChI=1S/C10H22S/c1-5-7-8-10(3,4)11-9-6-2/h5-9H2,1-4H3. The topological polar surface area (TPSA) is 0 Å². The fraction of sp³-hybridized carbons (Fsp3) is 1.00. The second-order valence-electron chi connectivity index (χ2n) is 3.71. The minimum absolute atomic E-state index is 0.520. The molecule has 11 heavy (non-hydrogen) atoms. The van der Waals surface area contributed by atoms with Gasteiger partial charge in [-0.1, -0.05) is 40.5 Å². The summed E-state index contributed by atoms with van der Waals surface area (Å²) in [5, 5.41) is 0. The summed E-state index contributed by atoms with van der Waals surface area (Å²) in [6.45, 7) is 9.25. The molecule has 0 saturated heterocycles. The molecule has 0 aromatic carbocycles. The van der Waals surface area contributed by atoms with Crippen LogP contribution in [0.1, 0.15) is 53.4 Å². The van der Waals surface area contributed by atoms with Crippen molar-refractivity contribution in [3.8, 4) is 0 Å². The lowest BCUT2D eigenvalue weighted by atomic mass is 10.1. The van der Waals surface area contributed by atoms with E-state index in [1.807, 2.05) is 0 Å². The summed E-state index contributed by atoms with van der Waals surface area (Å²) in [6, 6.07) is 0. The third-order valence-electron chi connectivity index (χ3n) is 1.83. The predicted octanol–water partition coefficient (Wildman–Crippen LogP) is 4.10. The van der Waals surface area contributed by atoms with Gasteiger partial charge in [0, 0.05) is 4.75 Å². The van der Waals surface area contributed by atoms with E-state index in [-0.39, 0.29) is 0 Å². The van der Waals surface area contributed by atoms with Crippen molar-refractivity contribution < 1.29 is 0 Å². The molecule has 0 amide bonds. The van der Waals surface area contributed by atoms with Crippen LogP contribution in [0, 0.1) is 0 Å². The average Bonchev–Trinajstić information content (AvgIpc) is 1.97. The average molecular weight is 174 g/mol. The molecule has 0 aliphatic carbocycles. The highest BCUT2D eigenvalue weighted by atomic mass is 32.2. The van der Waals surface area contributed by atoms with Crippen LogP contribution >= 0.6 is 11.8 Å². The first-order valence-electron chi connectivity index (χ1n) is 4.76. The highest BCUT2D eigenvalue weighted by Gasteiger charge is 2.16. The third-order valence-corrected chi connectivity index (χ3v) is 3.43. The third kappa shape index (κ3) is 6.74. The van der Waals surface area contributed by atoms with E-state index < -0.39 is 0 Å². The summed E-state index contributed by atoms with van der Waals surface area (Å²) in [4.78, 5) is 0. The Bertz CT molecular complexity index is 76.9. The summed E-state index contributed by atoms with van der Waals surface area (Å²) in [6.07, 6.45) is 5.38. The second kappa shape index (κ2) is 5.93. The Hall–Kier alpha value is 0.350. The van der Waals surface area contributed by atoms with Crippen molar-refractivity contribution in [2.75, 3.05) is 5.75 Å². The van der Waals surface area contributed by atoms with E-state index in [9.17, 15) is 0 Å². The quantitative estimate of drug-likeness (QED) is 0.584. The molecule has 0 bridgehead atoms. The smallest absolute Gasteiger partial charge is 0.0103 e. The minimum atomic E-state index is 0.520. The molecule has 0 unspecified atom stereocenters. The van der Waals surface area contributed by atoms with Crippen LogP contribution in [0.2, 0.25) is 0 Å². The molecule has 0 N–H and O–H groups in total. The first-order valence-corrected chi connectivity index (χ1v) is 5.75. The van der Waals surface area contributed by atoms with E-state index in [0.717, 1.165) is 0 Å². The van der Waals surface area contributed by atoms with Crippen LogP contribution < -0.4 is 0 Å². The van der Waals surface area contributed by atoms with Crippen molar-refractivity contribution in [2.24, 2.45) is 0 Å². The number of unbranched alkanes of at least 4 members (excludes halogenated alkanes) is 1. The van der Waals surface area contributed by atoms with Gasteiger partial charge in [0.2, 0.25) is 0 Å². The maximum absolute atomic E-state index is 2.36. The fourth-order valence-corrected chi connectivity index (χ4v) is 2.10. The maximum atomic E-state index is 2.36. The number of thioether (sulfide) groups is 1. The summed E-state index contributed by atoms with van der Waals surface area (Å²) in [7, 11) is 0.